The Labute approximate surface area is 168 Å². The summed E-state index contributed by atoms with van der Waals surface area (Å²) in [5.41, 5.74) is 0.996. The van der Waals surface area contributed by atoms with Crippen molar-refractivity contribution < 1.29 is 14.0 Å². The molecule has 156 valence electrons. The van der Waals surface area contributed by atoms with Crippen LogP contribution in [0.3, 0.4) is 0 Å². The van der Waals surface area contributed by atoms with Crippen molar-refractivity contribution in [2.75, 3.05) is 32.7 Å². The van der Waals surface area contributed by atoms with Crippen LogP contribution in [-0.2, 0) is 16.0 Å². The lowest BCUT2D eigenvalue weighted by Gasteiger charge is -2.31. The molecule has 1 fully saturated rings. The van der Waals surface area contributed by atoms with E-state index in [4.69, 9.17) is 0 Å². The van der Waals surface area contributed by atoms with E-state index >= 15 is 0 Å². The molecule has 6 heteroatoms. The van der Waals surface area contributed by atoms with Crippen molar-refractivity contribution in [3.8, 4) is 0 Å². The predicted molar refractivity (Wildman–Crippen MR) is 109 cm³/mol. The third kappa shape index (κ3) is 8.38. The molecule has 1 saturated heterocycles. The molecule has 1 aliphatic rings. The minimum Gasteiger partial charge on any atom is -0.356 e. The molecule has 2 N–H and O–H groups in total. The topological polar surface area (TPSA) is 61.4 Å². The fourth-order valence-corrected chi connectivity index (χ4v) is 3.58. The number of unbranched alkanes of at least 4 members (excludes halogenated alkanes) is 3. The van der Waals surface area contributed by atoms with Gasteiger partial charge in [-0.05, 0) is 49.9 Å². The SMILES string of the molecule is CCCCCCNC(=O)C1CCCN(CC(=O)NCCc2ccc(F)cc2)C1. The van der Waals surface area contributed by atoms with Gasteiger partial charge in [-0.1, -0.05) is 38.3 Å². The highest BCUT2D eigenvalue weighted by atomic mass is 19.1. The summed E-state index contributed by atoms with van der Waals surface area (Å²) in [7, 11) is 0. The van der Waals surface area contributed by atoms with E-state index in [1.54, 1.807) is 12.1 Å². The number of hydrogen-bond donors (Lipinski definition) is 2. The molecular weight excluding hydrogens is 357 g/mol. The molecule has 1 atom stereocenters. The van der Waals surface area contributed by atoms with Gasteiger partial charge in [0.05, 0.1) is 12.5 Å². The lowest BCUT2D eigenvalue weighted by Crippen LogP contribution is -2.46. The standard InChI is InChI=1S/C22H34FN3O2/c1-2-3-4-5-13-25-22(28)19-7-6-15-26(16-19)17-21(27)24-14-12-18-8-10-20(23)11-9-18/h8-11,19H,2-7,12-17H2,1H3,(H,24,27)(H,25,28). The fourth-order valence-electron chi connectivity index (χ4n) is 3.58. The number of benzene rings is 1. The first-order valence-corrected chi connectivity index (χ1v) is 10.6. The number of likely N-dealkylation sites (tertiary alicyclic amines) is 1. The summed E-state index contributed by atoms with van der Waals surface area (Å²) < 4.78 is 12.9. The zero-order chi connectivity index (χ0) is 20.2. The van der Waals surface area contributed by atoms with Crippen LogP contribution in [0.4, 0.5) is 4.39 Å². The molecule has 0 aliphatic carbocycles. The number of nitrogens with one attached hydrogen (secondary N) is 2. The van der Waals surface area contributed by atoms with Crippen LogP contribution >= 0.6 is 0 Å². The molecule has 1 aromatic rings. The first kappa shape index (κ1) is 22.3. The number of nitrogens with zero attached hydrogens (tertiary/aromatic N) is 1. The molecule has 1 aliphatic heterocycles. The number of halogens is 1. The van der Waals surface area contributed by atoms with E-state index < -0.39 is 0 Å². The number of carbonyl (C=O) groups is 2. The molecule has 0 bridgehead atoms. The minimum atomic E-state index is -0.252. The lowest BCUT2D eigenvalue weighted by molar-refractivity contribution is -0.128. The van der Waals surface area contributed by atoms with Gasteiger partial charge in [0.2, 0.25) is 11.8 Å². The van der Waals surface area contributed by atoms with Crippen molar-refractivity contribution in [1.82, 2.24) is 15.5 Å². The Kier molecular flexibility index (Phi) is 9.97. The summed E-state index contributed by atoms with van der Waals surface area (Å²) in [5.74, 6) is -0.176. The molecular formula is C22H34FN3O2. The van der Waals surface area contributed by atoms with Gasteiger partial charge in [-0.25, -0.2) is 4.39 Å². The largest absolute Gasteiger partial charge is 0.356 e. The maximum atomic E-state index is 12.9. The molecule has 2 rings (SSSR count). The maximum absolute atomic E-state index is 12.9. The fraction of sp³-hybridized carbons (Fsp3) is 0.636. The Balaban J connectivity index is 1.63. The van der Waals surface area contributed by atoms with Crippen molar-refractivity contribution in [2.24, 2.45) is 5.92 Å². The van der Waals surface area contributed by atoms with Crippen LogP contribution in [-0.4, -0.2) is 49.4 Å². The van der Waals surface area contributed by atoms with E-state index in [1.807, 2.05) is 0 Å². The monoisotopic (exact) mass is 391 g/mol. The van der Waals surface area contributed by atoms with Crippen molar-refractivity contribution >= 4 is 11.8 Å². The van der Waals surface area contributed by atoms with Crippen LogP contribution < -0.4 is 10.6 Å². The van der Waals surface area contributed by atoms with Gasteiger partial charge in [0, 0.05) is 19.6 Å². The summed E-state index contributed by atoms with van der Waals surface area (Å²) in [6.07, 6.45) is 7.11. The average Bonchev–Trinajstić information content (AvgIpc) is 2.69. The Morgan fingerprint density at radius 1 is 1.11 bits per heavy atom. The van der Waals surface area contributed by atoms with Crippen LogP contribution in [0.15, 0.2) is 24.3 Å². The van der Waals surface area contributed by atoms with E-state index in [9.17, 15) is 14.0 Å². The average molecular weight is 392 g/mol. The highest BCUT2D eigenvalue weighted by Gasteiger charge is 2.26. The van der Waals surface area contributed by atoms with Gasteiger partial charge in [0.1, 0.15) is 5.82 Å². The highest BCUT2D eigenvalue weighted by Crippen LogP contribution is 2.16. The normalized spacial score (nSPS) is 17.3. The number of amides is 2. The smallest absolute Gasteiger partial charge is 0.234 e. The summed E-state index contributed by atoms with van der Waals surface area (Å²) >= 11 is 0. The van der Waals surface area contributed by atoms with E-state index in [1.165, 1.54) is 25.0 Å². The first-order valence-electron chi connectivity index (χ1n) is 10.6. The van der Waals surface area contributed by atoms with Gasteiger partial charge in [-0.15, -0.1) is 0 Å². The summed E-state index contributed by atoms with van der Waals surface area (Å²) in [5, 5.41) is 5.96. The van der Waals surface area contributed by atoms with Gasteiger partial charge in [-0.3, -0.25) is 14.5 Å². The van der Waals surface area contributed by atoms with E-state index in [0.717, 1.165) is 44.3 Å². The molecule has 0 spiro atoms. The summed E-state index contributed by atoms with van der Waals surface area (Å²) in [4.78, 5) is 26.6. The third-order valence-corrected chi connectivity index (χ3v) is 5.22. The molecule has 1 heterocycles. The van der Waals surface area contributed by atoms with Gasteiger partial charge in [-0.2, -0.15) is 0 Å². The second kappa shape index (κ2) is 12.5. The van der Waals surface area contributed by atoms with Gasteiger partial charge in [0.15, 0.2) is 0 Å². The van der Waals surface area contributed by atoms with Crippen LogP contribution in [0.1, 0.15) is 51.0 Å². The molecule has 0 radical (unpaired) electrons. The molecule has 2 amide bonds. The summed E-state index contributed by atoms with van der Waals surface area (Å²) in [6.45, 7) is 5.27. The quantitative estimate of drug-likeness (QED) is 0.570. The van der Waals surface area contributed by atoms with Crippen LogP contribution in [0.25, 0.3) is 0 Å². The van der Waals surface area contributed by atoms with Crippen molar-refractivity contribution in [1.29, 1.82) is 0 Å². The molecule has 0 saturated carbocycles. The van der Waals surface area contributed by atoms with Crippen LogP contribution in [0.2, 0.25) is 0 Å². The number of carbonyl (C=O) groups excluding carboxylic acids is 2. The van der Waals surface area contributed by atoms with Gasteiger partial charge >= 0.3 is 0 Å². The Bertz CT molecular complexity index is 606. The number of piperidine rings is 1. The molecule has 1 unspecified atom stereocenters. The molecule has 1 aromatic carbocycles. The lowest BCUT2D eigenvalue weighted by atomic mass is 9.97. The second-order valence-corrected chi connectivity index (χ2v) is 7.65. The Hall–Kier alpha value is -1.95. The van der Waals surface area contributed by atoms with Crippen molar-refractivity contribution in [3.63, 3.8) is 0 Å². The molecule has 0 aromatic heterocycles. The van der Waals surface area contributed by atoms with Crippen molar-refractivity contribution in [3.05, 3.63) is 35.6 Å². The maximum Gasteiger partial charge on any atom is 0.234 e. The number of rotatable bonds is 11. The van der Waals surface area contributed by atoms with E-state index in [2.05, 4.69) is 22.5 Å². The van der Waals surface area contributed by atoms with E-state index in [0.29, 0.717) is 26.1 Å². The van der Waals surface area contributed by atoms with Gasteiger partial charge < -0.3 is 10.6 Å². The van der Waals surface area contributed by atoms with Crippen LogP contribution in [0.5, 0.6) is 0 Å². The predicted octanol–water partition coefficient (Wildman–Crippen LogP) is 2.89. The molecule has 5 nitrogen and oxygen atoms in total. The zero-order valence-corrected chi connectivity index (χ0v) is 17.0. The number of hydrogen-bond acceptors (Lipinski definition) is 3. The Morgan fingerprint density at radius 3 is 2.64 bits per heavy atom. The van der Waals surface area contributed by atoms with Crippen LogP contribution in [0, 0.1) is 11.7 Å². The van der Waals surface area contributed by atoms with E-state index in [-0.39, 0.29) is 23.5 Å². The Morgan fingerprint density at radius 2 is 1.89 bits per heavy atom. The minimum absolute atomic E-state index is 0.0214. The summed E-state index contributed by atoms with van der Waals surface area (Å²) in [6, 6.07) is 6.33. The highest BCUT2D eigenvalue weighted by molar-refractivity contribution is 5.80. The van der Waals surface area contributed by atoms with Crippen molar-refractivity contribution in [2.45, 2.75) is 51.9 Å². The zero-order valence-electron chi connectivity index (χ0n) is 17.0. The second-order valence-electron chi connectivity index (χ2n) is 7.65. The third-order valence-electron chi connectivity index (χ3n) is 5.22. The molecule has 28 heavy (non-hydrogen) atoms. The first-order chi connectivity index (χ1) is 13.6. The van der Waals surface area contributed by atoms with Gasteiger partial charge in [0.25, 0.3) is 0 Å².